The Morgan fingerprint density at radius 2 is 1.64 bits per heavy atom. The molecule has 2 rings (SSSR count). The molecule has 10 heteroatoms. The fourth-order valence-electron chi connectivity index (χ4n) is 2.16. The smallest absolute Gasteiger partial charge is 0.346 e. The lowest BCUT2D eigenvalue weighted by atomic mass is 10.1. The molecule has 0 aromatic heterocycles. The molecule has 0 saturated heterocycles. The van der Waals surface area contributed by atoms with Gasteiger partial charge in [0.1, 0.15) is 0 Å². The van der Waals surface area contributed by atoms with Crippen LogP contribution in [0.2, 0.25) is 0 Å². The van der Waals surface area contributed by atoms with Crippen molar-refractivity contribution in [3.8, 4) is 0 Å². The molecule has 0 heterocycles. The highest BCUT2D eigenvalue weighted by molar-refractivity contribution is 5.96. The zero-order chi connectivity index (χ0) is 18.6. The quantitative estimate of drug-likeness (QED) is 0.597. The average molecular weight is 344 g/mol. The minimum atomic E-state index is -0.933. The Balaban J connectivity index is 2.22. The topological polar surface area (TPSA) is 158 Å². The summed E-state index contributed by atoms with van der Waals surface area (Å²) in [5.41, 5.74) is 4.34. The molecular formula is C15H12N4O6. The summed E-state index contributed by atoms with van der Waals surface area (Å²) in [4.78, 5) is 43.3. The molecule has 2 aromatic rings. The van der Waals surface area contributed by atoms with E-state index in [2.05, 4.69) is 5.32 Å². The van der Waals surface area contributed by atoms with Gasteiger partial charge >= 0.3 is 11.4 Å². The van der Waals surface area contributed by atoms with Gasteiger partial charge in [0.25, 0.3) is 5.91 Å². The van der Waals surface area contributed by atoms with Gasteiger partial charge in [-0.05, 0) is 17.7 Å². The number of amides is 2. The number of hydrogen-bond donors (Lipinski definition) is 2. The Bertz CT molecular complexity index is 880. The first kappa shape index (κ1) is 17.5. The number of carbonyl (C=O) groups is 2. The highest BCUT2D eigenvalue weighted by Gasteiger charge is 2.25. The van der Waals surface area contributed by atoms with E-state index in [0.29, 0.717) is 5.56 Å². The van der Waals surface area contributed by atoms with Crippen LogP contribution in [0.15, 0.2) is 42.5 Å². The molecule has 10 nitrogen and oxygen atoms in total. The van der Waals surface area contributed by atoms with E-state index in [1.165, 1.54) is 6.07 Å². The predicted molar refractivity (Wildman–Crippen MR) is 85.9 cm³/mol. The van der Waals surface area contributed by atoms with Crippen molar-refractivity contribution in [2.45, 2.75) is 6.54 Å². The minimum Gasteiger partial charge on any atom is -0.366 e. The van der Waals surface area contributed by atoms with Crippen LogP contribution in [0.25, 0.3) is 0 Å². The maximum absolute atomic E-state index is 12.1. The molecule has 0 bridgehead atoms. The third kappa shape index (κ3) is 3.93. The van der Waals surface area contributed by atoms with Crippen molar-refractivity contribution in [2.75, 3.05) is 0 Å². The summed E-state index contributed by atoms with van der Waals surface area (Å²) in [5.74, 6) is -1.34. The van der Waals surface area contributed by atoms with Crippen LogP contribution in [-0.4, -0.2) is 21.7 Å². The zero-order valence-electron chi connectivity index (χ0n) is 12.7. The summed E-state index contributed by atoms with van der Waals surface area (Å²) in [7, 11) is 0. The van der Waals surface area contributed by atoms with Crippen LogP contribution in [-0.2, 0) is 6.54 Å². The summed E-state index contributed by atoms with van der Waals surface area (Å²) >= 11 is 0. The lowest BCUT2D eigenvalue weighted by Gasteiger charge is -2.08. The van der Waals surface area contributed by atoms with Gasteiger partial charge in [-0.3, -0.25) is 29.8 Å². The van der Waals surface area contributed by atoms with Gasteiger partial charge in [-0.25, -0.2) is 0 Å². The van der Waals surface area contributed by atoms with Gasteiger partial charge in [0.05, 0.1) is 9.85 Å². The number of hydrogen-bond acceptors (Lipinski definition) is 6. The van der Waals surface area contributed by atoms with Crippen molar-refractivity contribution < 1.29 is 19.4 Å². The summed E-state index contributed by atoms with van der Waals surface area (Å²) in [6.07, 6.45) is 0. The van der Waals surface area contributed by atoms with Gasteiger partial charge in [-0.2, -0.15) is 0 Å². The monoisotopic (exact) mass is 344 g/mol. The molecule has 128 valence electrons. The molecule has 2 amide bonds. The molecule has 0 saturated carbocycles. The van der Waals surface area contributed by atoms with E-state index in [1.807, 2.05) is 0 Å². The van der Waals surface area contributed by atoms with Gasteiger partial charge in [-0.1, -0.05) is 18.2 Å². The predicted octanol–water partition coefficient (Wildman–Crippen LogP) is 1.53. The Labute approximate surface area is 140 Å². The minimum absolute atomic E-state index is 0.0390. The van der Waals surface area contributed by atoms with E-state index in [9.17, 15) is 29.8 Å². The second kappa shape index (κ2) is 7.17. The van der Waals surface area contributed by atoms with Crippen molar-refractivity contribution in [3.05, 3.63) is 79.4 Å². The highest BCUT2D eigenvalue weighted by Crippen LogP contribution is 2.27. The Morgan fingerprint density at radius 1 is 1.00 bits per heavy atom. The Kier molecular flexibility index (Phi) is 5.03. The molecule has 0 spiro atoms. The van der Waals surface area contributed by atoms with Crippen LogP contribution in [0.4, 0.5) is 11.4 Å². The molecule has 0 aliphatic heterocycles. The maximum Gasteiger partial charge on any atom is 0.346 e. The normalized spacial score (nSPS) is 10.1. The Hall–Kier alpha value is -3.82. The lowest BCUT2D eigenvalue weighted by Crippen LogP contribution is -2.25. The first-order valence-electron chi connectivity index (χ1n) is 6.90. The van der Waals surface area contributed by atoms with Crippen molar-refractivity contribution in [1.29, 1.82) is 0 Å². The number of primary amides is 1. The molecule has 0 fully saturated rings. The van der Waals surface area contributed by atoms with Gasteiger partial charge in [0.15, 0.2) is 0 Å². The van der Waals surface area contributed by atoms with Crippen molar-refractivity contribution in [2.24, 2.45) is 5.73 Å². The van der Waals surface area contributed by atoms with E-state index < -0.39 is 33.0 Å². The van der Waals surface area contributed by atoms with Crippen molar-refractivity contribution in [1.82, 2.24) is 5.32 Å². The molecule has 0 aliphatic carbocycles. The van der Waals surface area contributed by atoms with Gasteiger partial charge in [0, 0.05) is 29.8 Å². The zero-order valence-corrected chi connectivity index (χ0v) is 12.7. The summed E-state index contributed by atoms with van der Waals surface area (Å²) < 4.78 is 0. The SMILES string of the molecule is NC(=O)c1ccccc1CNC(=O)c1ccc([N+](=O)[O-])c([N+](=O)[O-])c1. The lowest BCUT2D eigenvalue weighted by molar-refractivity contribution is -0.422. The summed E-state index contributed by atoms with van der Waals surface area (Å²) in [6.45, 7) is -0.0390. The molecule has 0 atom stereocenters. The number of nitrogens with zero attached hydrogens (tertiary/aromatic N) is 2. The molecule has 0 radical (unpaired) electrons. The molecule has 25 heavy (non-hydrogen) atoms. The van der Waals surface area contributed by atoms with Crippen molar-refractivity contribution in [3.63, 3.8) is 0 Å². The standard InChI is InChI=1S/C15H12N4O6/c16-14(20)11-4-2-1-3-10(11)8-17-15(21)9-5-6-12(18(22)23)13(7-9)19(24)25/h1-7H,8H2,(H2,16,20)(H,17,21). The molecule has 0 unspecified atom stereocenters. The van der Waals surface area contributed by atoms with Crippen LogP contribution < -0.4 is 11.1 Å². The van der Waals surface area contributed by atoms with Gasteiger partial charge < -0.3 is 11.1 Å². The third-order valence-corrected chi connectivity index (χ3v) is 3.35. The van der Waals surface area contributed by atoms with Crippen molar-refractivity contribution >= 4 is 23.2 Å². The third-order valence-electron chi connectivity index (χ3n) is 3.35. The van der Waals surface area contributed by atoms with Crippen LogP contribution in [0.3, 0.4) is 0 Å². The largest absolute Gasteiger partial charge is 0.366 e. The number of nitrogens with two attached hydrogens (primary N) is 1. The fourth-order valence-corrected chi connectivity index (χ4v) is 2.16. The van der Waals surface area contributed by atoms with Crippen LogP contribution >= 0.6 is 0 Å². The fraction of sp³-hybridized carbons (Fsp3) is 0.0667. The number of nitro benzene ring substituents is 2. The van der Waals surface area contributed by atoms with Crippen LogP contribution in [0.5, 0.6) is 0 Å². The summed E-state index contributed by atoms with van der Waals surface area (Å²) in [5, 5.41) is 24.2. The van der Waals surface area contributed by atoms with E-state index in [1.54, 1.807) is 18.2 Å². The number of benzene rings is 2. The van der Waals surface area contributed by atoms with Gasteiger partial charge in [-0.15, -0.1) is 0 Å². The van der Waals surface area contributed by atoms with E-state index in [0.717, 1.165) is 18.2 Å². The molecule has 2 aromatic carbocycles. The first-order chi connectivity index (χ1) is 11.8. The van der Waals surface area contributed by atoms with E-state index in [-0.39, 0.29) is 17.7 Å². The van der Waals surface area contributed by atoms with Gasteiger partial charge in [0.2, 0.25) is 5.91 Å². The summed E-state index contributed by atoms with van der Waals surface area (Å²) in [6, 6.07) is 9.20. The second-order valence-electron chi connectivity index (χ2n) is 4.92. The molecule has 3 N–H and O–H groups in total. The molecule has 0 aliphatic rings. The highest BCUT2D eigenvalue weighted by atomic mass is 16.6. The number of nitro groups is 2. The molecular weight excluding hydrogens is 332 g/mol. The van der Waals surface area contributed by atoms with Crippen LogP contribution in [0, 0.1) is 20.2 Å². The maximum atomic E-state index is 12.1. The van der Waals surface area contributed by atoms with Crippen LogP contribution in [0.1, 0.15) is 26.3 Å². The first-order valence-corrected chi connectivity index (χ1v) is 6.90. The number of rotatable bonds is 6. The van der Waals surface area contributed by atoms with E-state index in [4.69, 9.17) is 5.73 Å². The number of carbonyl (C=O) groups excluding carboxylic acids is 2. The second-order valence-corrected chi connectivity index (χ2v) is 4.92. The van der Waals surface area contributed by atoms with E-state index >= 15 is 0 Å². The Morgan fingerprint density at radius 3 is 2.24 bits per heavy atom. The average Bonchev–Trinajstić information content (AvgIpc) is 2.59. The number of nitrogens with one attached hydrogen (secondary N) is 1.